The minimum absolute atomic E-state index is 0.0880. The van der Waals surface area contributed by atoms with Gasteiger partial charge >= 0.3 is 5.97 Å². The molecule has 108 valence electrons. The smallest absolute Gasteiger partial charge is 0.317 e. The molecule has 5 nitrogen and oxygen atoms in total. The Balaban J connectivity index is 1.77. The lowest BCUT2D eigenvalue weighted by atomic mass is 10.0. The van der Waals surface area contributed by atoms with Gasteiger partial charge in [-0.2, -0.15) is 0 Å². The van der Waals surface area contributed by atoms with Crippen LogP contribution in [0.1, 0.15) is 38.5 Å². The van der Waals surface area contributed by atoms with Gasteiger partial charge in [0.15, 0.2) is 0 Å². The van der Waals surface area contributed by atoms with Crippen molar-refractivity contribution in [2.45, 2.75) is 38.5 Å². The molecule has 19 heavy (non-hydrogen) atoms. The molecule has 0 bridgehead atoms. The average Bonchev–Trinajstić information content (AvgIpc) is 2.74. The minimum atomic E-state index is -0.786. The molecule has 1 heterocycles. The number of aliphatic carboxylic acids is 1. The number of amides is 1. The number of hydrogen-bond acceptors (Lipinski definition) is 3. The highest BCUT2D eigenvalue weighted by molar-refractivity contribution is 5.76. The topological polar surface area (TPSA) is 60.9 Å². The maximum Gasteiger partial charge on any atom is 0.317 e. The standard InChI is InChI=1S/C14H24N2O3/c17-13(10-12-4-1-2-5-12)16-7-3-6-15(8-9-16)11-14(18)19/h12H,1-11H2,(H,18,19). The van der Waals surface area contributed by atoms with Crippen LogP contribution in [0.5, 0.6) is 0 Å². The van der Waals surface area contributed by atoms with Gasteiger partial charge in [-0.3, -0.25) is 14.5 Å². The summed E-state index contributed by atoms with van der Waals surface area (Å²) in [6.45, 7) is 3.01. The molecule has 1 saturated carbocycles. The van der Waals surface area contributed by atoms with E-state index in [0.717, 1.165) is 19.5 Å². The van der Waals surface area contributed by atoms with E-state index in [2.05, 4.69) is 0 Å². The molecule has 1 aliphatic carbocycles. The zero-order valence-electron chi connectivity index (χ0n) is 11.5. The number of carboxylic acid groups (broad SMARTS) is 1. The quantitative estimate of drug-likeness (QED) is 0.832. The van der Waals surface area contributed by atoms with Crippen molar-refractivity contribution in [3.05, 3.63) is 0 Å². The third-order valence-corrected chi connectivity index (χ3v) is 4.24. The second-order valence-electron chi connectivity index (χ2n) is 5.76. The van der Waals surface area contributed by atoms with Crippen molar-refractivity contribution in [2.75, 3.05) is 32.7 Å². The fraction of sp³-hybridized carbons (Fsp3) is 0.857. The van der Waals surface area contributed by atoms with E-state index in [1.54, 1.807) is 0 Å². The molecule has 0 aromatic rings. The third kappa shape index (κ3) is 4.49. The molecule has 0 unspecified atom stereocenters. The van der Waals surface area contributed by atoms with Crippen LogP contribution >= 0.6 is 0 Å². The lowest BCUT2D eigenvalue weighted by Gasteiger charge is -2.22. The second kappa shape index (κ2) is 6.89. The highest BCUT2D eigenvalue weighted by Crippen LogP contribution is 2.28. The summed E-state index contributed by atoms with van der Waals surface area (Å²) >= 11 is 0. The van der Waals surface area contributed by atoms with Crippen molar-refractivity contribution >= 4 is 11.9 Å². The van der Waals surface area contributed by atoms with Gasteiger partial charge in [0.25, 0.3) is 0 Å². The zero-order chi connectivity index (χ0) is 13.7. The maximum absolute atomic E-state index is 12.2. The Bertz CT molecular complexity index is 327. The van der Waals surface area contributed by atoms with E-state index in [-0.39, 0.29) is 12.5 Å². The molecule has 2 rings (SSSR count). The lowest BCUT2D eigenvalue weighted by molar-refractivity contribution is -0.138. The minimum Gasteiger partial charge on any atom is -0.480 e. The highest BCUT2D eigenvalue weighted by Gasteiger charge is 2.24. The van der Waals surface area contributed by atoms with Crippen LogP contribution in [0.3, 0.4) is 0 Å². The van der Waals surface area contributed by atoms with Crippen LogP contribution in [0, 0.1) is 5.92 Å². The first kappa shape index (κ1) is 14.3. The molecular weight excluding hydrogens is 244 g/mol. The van der Waals surface area contributed by atoms with E-state index in [1.165, 1.54) is 25.7 Å². The Morgan fingerprint density at radius 1 is 1.00 bits per heavy atom. The van der Waals surface area contributed by atoms with Gasteiger partial charge < -0.3 is 10.0 Å². The predicted molar refractivity (Wildman–Crippen MR) is 71.8 cm³/mol. The summed E-state index contributed by atoms with van der Waals surface area (Å²) in [6, 6.07) is 0. The summed E-state index contributed by atoms with van der Waals surface area (Å²) in [5.74, 6) is 0.0701. The Labute approximate surface area is 114 Å². The Kier molecular flexibility index (Phi) is 5.19. The molecule has 0 aromatic heterocycles. The molecule has 0 aromatic carbocycles. The predicted octanol–water partition coefficient (Wildman–Crippen LogP) is 1.19. The molecule has 0 radical (unpaired) electrons. The van der Waals surface area contributed by atoms with E-state index >= 15 is 0 Å². The van der Waals surface area contributed by atoms with Crippen molar-refractivity contribution in [3.8, 4) is 0 Å². The van der Waals surface area contributed by atoms with E-state index in [9.17, 15) is 9.59 Å². The van der Waals surface area contributed by atoms with Crippen LogP contribution in [0.2, 0.25) is 0 Å². The summed E-state index contributed by atoms with van der Waals surface area (Å²) in [6.07, 6.45) is 6.51. The normalized spacial score (nSPS) is 22.4. The van der Waals surface area contributed by atoms with Crippen LogP contribution in [-0.2, 0) is 9.59 Å². The number of carbonyl (C=O) groups is 2. The molecule has 0 atom stereocenters. The highest BCUT2D eigenvalue weighted by atomic mass is 16.4. The monoisotopic (exact) mass is 268 g/mol. The maximum atomic E-state index is 12.2. The third-order valence-electron chi connectivity index (χ3n) is 4.24. The first-order chi connectivity index (χ1) is 9.15. The SMILES string of the molecule is O=C(O)CN1CCCN(C(=O)CC2CCCC2)CC1. The molecule has 5 heteroatoms. The molecule has 2 aliphatic rings. The molecule has 0 spiro atoms. The summed E-state index contributed by atoms with van der Waals surface area (Å²) in [5.41, 5.74) is 0. The van der Waals surface area contributed by atoms with Gasteiger partial charge in [0.2, 0.25) is 5.91 Å². The Morgan fingerprint density at radius 2 is 1.74 bits per heavy atom. The van der Waals surface area contributed by atoms with Gasteiger partial charge in [0.1, 0.15) is 0 Å². The summed E-state index contributed by atoms with van der Waals surface area (Å²) in [7, 11) is 0. The fourth-order valence-electron chi connectivity index (χ4n) is 3.16. The van der Waals surface area contributed by atoms with Gasteiger partial charge in [0, 0.05) is 32.6 Å². The fourth-order valence-corrected chi connectivity index (χ4v) is 3.16. The largest absolute Gasteiger partial charge is 0.480 e. The zero-order valence-corrected chi connectivity index (χ0v) is 11.5. The van der Waals surface area contributed by atoms with Gasteiger partial charge in [-0.1, -0.05) is 12.8 Å². The van der Waals surface area contributed by atoms with Gasteiger partial charge in [0.05, 0.1) is 6.54 Å². The van der Waals surface area contributed by atoms with Crippen molar-refractivity contribution in [3.63, 3.8) is 0 Å². The van der Waals surface area contributed by atoms with E-state index in [4.69, 9.17) is 5.11 Å². The van der Waals surface area contributed by atoms with Crippen molar-refractivity contribution in [1.82, 2.24) is 9.80 Å². The lowest BCUT2D eigenvalue weighted by Crippen LogP contribution is -2.37. The van der Waals surface area contributed by atoms with Crippen LogP contribution in [-0.4, -0.2) is 59.5 Å². The number of carboxylic acids is 1. The number of hydrogen-bond donors (Lipinski definition) is 1. The van der Waals surface area contributed by atoms with Crippen molar-refractivity contribution in [1.29, 1.82) is 0 Å². The summed E-state index contributed by atoms with van der Waals surface area (Å²) in [5, 5.41) is 8.80. The van der Waals surface area contributed by atoms with Crippen LogP contribution < -0.4 is 0 Å². The van der Waals surface area contributed by atoms with Gasteiger partial charge in [-0.25, -0.2) is 0 Å². The van der Waals surface area contributed by atoms with E-state index in [0.29, 0.717) is 25.4 Å². The summed E-state index contributed by atoms with van der Waals surface area (Å²) in [4.78, 5) is 26.8. The Hall–Kier alpha value is -1.10. The molecule has 1 saturated heterocycles. The molecule has 1 amide bonds. The number of rotatable bonds is 4. The summed E-state index contributed by atoms with van der Waals surface area (Å²) < 4.78 is 0. The van der Waals surface area contributed by atoms with Gasteiger partial charge in [-0.05, 0) is 25.2 Å². The van der Waals surface area contributed by atoms with Crippen LogP contribution in [0.25, 0.3) is 0 Å². The molecule has 1 N–H and O–H groups in total. The van der Waals surface area contributed by atoms with Crippen molar-refractivity contribution in [2.24, 2.45) is 5.92 Å². The van der Waals surface area contributed by atoms with E-state index < -0.39 is 5.97 Å². The second-order valence-corrected chi connectivity index (χ2v) is 5.76. The van der Waals surface area contributed by atoms with Crippen LogP contribution in [0.4, 0.5) is 0 Å². The number of carbonyl (C=O) groups excluding carboxylic acids is 1. The first-order valence-electron chi connectivity index (χ1n) is 7.37. The van der Waals surface area contributed by atoms with Gasteiger partial charge in [-0.15, -0.1) is 0 Å². The average molecular weight is 268 g/mol. The first-order valence-corrected chi connectivity index (χ1v) is 7.37. The molecular formula is C14H24N2O3. The van der Waals surface area contributed by atoms with Crippen LogP contribution in [0.15, 0.2) is 0 Å². The molecule has 2 fully saturated rings. The van der Waals surface area contributed by atoms with Crippen molar-refractivity contribution < 1.29 is 14.7 Å². The Morgan fingerprint density at radius 3 is 2.42 bits per heavy atom. The molecule has 1 aliphatic heterocycles. The van der Waals surface area contributed by atoms with E-state index in [1.807, 2.05) is 9.80 Å². The number of nitrogens with zero attached hydrogens (tertiary/aromatic N) is 2.